The van der Waals surface area contributed by atoms with E-state index in [0.29, 0.717) is 12.1 Å². The van der Waals surface area contributed by atoms with Gasteiger partial charge in [-0.25, -0.2) is 0 Å². The van der Waals surface area contributed by atoms with E-state index in [1.807, 2.05) is 18.2 Å². The van der Waals surface area contributed by atoms with Gasteiger partial charge in [-0.3, -0.25) is 9.59 Å². The Balaban J connectivity index is 1.79. The molecule has 1 aliphatic heterocycles. The summed E-state index contributed by atoms with van der Waals surface area (Å²) in [6, 6.07) is 12.1. The van der Waals surface area contributed by atoms with Crippen molar-refractivity contribution in [3.8, 4) is 0 Å². The number of carbonyl (C=O) groups excluding carboxylic acids is 2. The van der Waals surface area contributed by atoms with Gasteiger partial charge in [-0.1, -0.05) is 24.3 Å². The van der Waals surface area contributed by atoms with Crippen molar-refractivity contribution in [3.05, 3.63) is 65.2 Å². The fourth-order valence-electron chi connectivity index (χ4n) is 2.93. The summed E-state index contributed by atoms with van der Waals surface area (Å²) in [7, 11) is 0. The van der Waals surface area contributed by atoms with Gasteiger partial charge in [0, 0.05) is 24.3 Å². The predicted octanol–water partition coefficient (Wildman–Crippen LogP) is 3.50. The van der Waals surface area contributed by atoms with E-state index in [9.17, 15) is 22.8 Å². The van der Waals surface area contributed by atoms with E-state index in [1.54, 1.807) is 24.0 Å². The average molecular weight is 362 g/mol. The van der Waals surface area contributed by atoms with E-state index in [2.05, 4.69) is 0 Å². The van der Waals surface area contributed by atoms with Crippen LogP contribution in [0.1, 0.15) is 21.5 Å². The Morgan fingerprint density at radius 1 is 1.04 bits per heavy atom. The molecule has 1 heterocycles. The first kappa shape index (κ1) is 18.0. The highest BCUT2D eigenvalue weighted by Crippen LogP contribution is 2.31. The molecule has 1 fully saturated rings. The zero-order valence-electron chi connectivity index (χ0n) is 14.1. The summed E-state index contributed by atoms with van der Waals surface area (Å²) in [6.07, 6.45) is -4.52. The fourth-order valence-corrected chi connectivity index (χ4v) is 2.93. The molecule has 0 N–H and O–H groups in total. The Bertz CT molecular complexity index is 834. The van der Waals surface area contributed by atoms with Gasteiger partial charge in [0.1, 0.15) is 6.54 Å². The molecule has 4 nitrogen and oxygen atoms in total. The van der Waals surface area contributed by atoms with Gasteiger partial charge in [-0.15, -0.1) is 0 Å². The number of carbonyl (C=O) groups is 2. The highest BCUT2D eigenvalue weighted by molar-refractivity contribution is 6.02. The molecule has 0 saturated carbocycles. The van der Waals surface area contributed by atoms with Gasteiger partial charge in [-0.05, 0) is 36.8 Å². The van der Waals surface area contributed by atoms with Crippen LogP contribution in [0.2, 0.25) is 0 Å². The molecule has 3 rings (SSSR count). The van der Waals surface area contributed by atoms with Crippen molar-refractivity contribution in [1.82, 2.24) is 4.90 Å². The Hall–Kier alpha value is -2.83. The highest BCUT2D eigenvalue weighted by Gasteiger charge is 2.33. The van der Waals surface area contributed by atoms with Crippen LogP contribution in [0.4, 0.5) is 18.9 Å². The number of halogens is 3. The number of nitrogens with zero attached hydrogens (tertiary/aromatic N) is 2. The second kappa shape index (κ2) is 6.82. The van der Waals surface area contributed by atoms with Crippen LogP contribution in [0, 0.1) is 6.92 Å². The van der Waals surface area contributed by atoms with Gasteiger partial charge in [0.05, 0.1) is 5.56 Å². The molecular formula is C19H17F3N2O2. The van der Waals surface area contributed by atoms with Crippen molar-refractivity contribution in [1.29, 1.82) is 0 Å². The smallest absolute Gasteiger partial charge is 0.328 e. The lowest BCUT2D eigenvalue weighted by atomic mass is 10.0. The molecule has 136 valence electrons. The average Bonchev–Trinajstić information content (AvgIpc) is 2.61. The monoisotopic (exact) mass is 362 g/mol. The SMILES string of the molecule is Cc1ccc(C(F)(F)F)cc1C(=O)N1CCN(c2ccccc2)C(=O)C1. The number of rotatable bonds is 2. The Morgan fingerprint density at radius 2 is 1.73 bits per heavy atom. The van der Waals surface area contributed by atoms with Gasteiger partial charge in [-0.2, -0.15) is 13.2 Å². The van der Waals surface area contributed by atoms with Crippen LogP contribution in [-0.2, 0) is 11.0 Å². The quantitative estimate of drug-likeness (QED) is 0.820. The number of benzene rings is 2. The molecule has 1 aliphatic rings. The lowest BCUT2D eigenvalue weighted by Gasteiger charge is -2.34. The van der Waals surface area contributed by atoms with Crippen LogP contribution >= 0.6 is 0 Å². The summed E-state index contributed by atoms with van der Waals surface area (Å²) >= 11 is 0. The summed E-state index contributed by atoms with van der Waals surface area (Å²) in [5.74, 6) is -0.824. The number of hydrogen-bond acceptors (Lipinski definition) is 2. The minimum absolute atomic E-state index is 0.0270. The van der Waals surface area contributed by atoms with Crippen LogP contribution in [0.5, 0.6) is 0 Å². The molecule has 0 radical (unpaired) electrons. The van der Waals surface area contributed by atoms with E-state index in [1.165, 1.54) is 11.0 Å². The molecule has 0 spiro atoms. The number of aryl methyl sites for hydroxylation is 1. The number of alkyl halides is 3. The number of para-hydroxylation sites is 1. The minimum Gasteiger partial charge on any atom is -0.328 e. The molecule has 2 aromatic carbocycles. The van der Waals surface area contributed by atoms with Gasteiger partial charge in [0.2, 0.25) is 5.91 Å². The van der Waals surface area contributed by atoms with Crippen molar-refractivity contribution in [2.45, 2.75) is 13.1 Å². The lowest BCUT2D eigenvalue weighted by molar-refractivity contribution is -0.137. The maximum absolute atomic E-state index is 12.9. The van der Waals surface area contributed by atoms with Gasteiger partial charge in [0.15, 0.2) is 0 Å². The number of piperazine rings is 1. The topological polar surface area (TPSA) is 40.6 Å². The number of anilines is 1. The van der Waals surface area contributed by atoms with E-state index in [-0.39, 0.29) is 24.6 Å². The maximum atomic E-state index is 12.9. The number of amides is 2. The van der Waals surface area contributed by atoms with Crippen molar-refractivity contribution in [3.63, 3.8) is 0 Å². The standard InChI is InChI=1S/C19H17F3N2O2/c1-13-7-8-14(19(20,21)22)11-16(13)18(26)23-9-10-24(17(25)12-23)15-5-3-2-4-6-15/h2-8,11H,9-10,12H2,1H3. The largest absolute Gasteiger partial charge is 0.416 e. The third kappa shape index (κ3) is 3.56. The van der Waals surface area contributed by atoms with E-state index in [0.717, 1.165) is 17.8 Å². The second-order valence-corrected chi connectivity index (χ2v) is 6.14. The van der Waals surface area contributed by atoms with E-state index < -0.39 is 17.6 Å². The Morgan fingerprint density at radius 3 is 2.35 bits per heavy atom. The lowest BCUT2D eigenvalue weighted by Crippen LogP contribution is -2.52. The Labute approximate surface area is 148 Å². The van der Waals surface area contributed by atoms with Crippen LogP contribution in [0.25, 0.3) is 0 Å². The van der Waals surface area contributed by atoms with Crippen molar-refractivity contribution >= 4 is 17.5 Å². The zero-order chi connectivity index (χ0) is 18.9. The summed E-state index contributed by atoms with van der Waals surface area (Å²) in [6.45, 7) is 1.97. The van der Waals surface area contributed by atoms with Crippen molar-refractivity contribution < 1.29 is 22.8 Å². The summed E-state index contributed by atoms with van der Waals surface area (Å²) in [4.78, 5) is 27.9. The predicted molar refractivity (Wildman–Crippen MR) is 90.9 cm³/mol. The minimum atomic E-state index is -4.52. The third-order valence-corrected chi connectivity index (χ3v) is 4.37. The molecule has 26 heavy (non-hydrogen) atoms. The van der Waals surface area contributed by atoms with E-state index >= 15 is 0 Å². The van der Waals surface area contributed by atoms with Crippen molar-refractivity contribution in [2.75, 3.05) is 24.5 Å². The van der Waals surface area contributed by atoms with Gasteiger partial charge >= 0.3 is 6.18 Å². The van der Waals surface area contributed by atoms with Gasteiger partial charge in [0.25, 0.3) is 5.91 Å². The first-order valence-corrected chi connectivity index (χ1v) is 8.10. The van der Waals surface area contributed by atoms with Crippen LogP contribution in [-0.4, -0.2) is 36.3 Å². The normalized spacial score (nSPS) is 15.3. The summed E-state index contributed by atoms with van der Waals surface area (Å²) < 4.78 is 38.8. The maximum Gasteiger partial charge on any atom is 0.416 e. The molecule has 0 aliphatic carbocycles. The zero-order valence-corrected chi connectivity index (χ0v) is 14.1. The molecule has 1 saturated heterocycles. The fraction of sp³-hybridized carbons (Fsp3) is 0.263. The molecule has 0 unspecified atom stereocenters. The van der Waals surface area contributed by atoms with Crippen molar-refractivity contribution in [2.24, 2.45) is 0 Å². The van der Waals surface area contributed by atoms with Crippen LogP contribution in [0.3, 0.4) is 0 Å². The van der Waals surface area contributed by atoms with Gasteiger partial charge < -0.3 is 9.80 Å². The Kier molecular flexibility index (Phi) is 4.71. The third-order valence-electron chi connectivity index (χ3n) is 4.37. The first-order valence-electron chi connectivity index (χ1n) is 8.10. The molecule has 0 aromatic heterocycles. The van der Waals surface area contributed by atoms with Crippen LogP contribution in [0.15, 0.2) is 48.5 Å². The molecule has 2 amide bonds. The molecule has 0 atom stereocenters. The highest BCUT2D eigenvalue weighted by atomic mass is 19.4. The number of hydrogen-bond donors (Lipinski definition) is 0. The molecular weight excluding hydrogens is 345 g/mol. The second-order valence-electron chi connectivity index (χ2n) is 6.14. The summed E-state index contributed by atoms with van der Waals surface area (Å²) in [5, 5.41) is 0. The van der Waals surface area contributed by atoms with E-state index in [4.69, 9.17) is 0 Å². The molecule has 7 heteroatoms. The molecule has 2 aromatic rings. The summed E-state index contributed by atoms with van der Waals surface area (Å²) in [5.41, 5.74) is 0.280. The molecule has 0 bridgehead atoms. The van der Waals surface area contributed by atoms with Crippen LogP contribution < -0.4 is 4.90 Å². The first-order chi connectivity index (χ1) is 12.3.